The molecule has 1 aliphatic rings. The smallest absolute Gasteiger partial charge is 0.227 e. The molecule has 0 aliphatic carbocycles. The Balaban J connectivity index is 2.52. The molecular formula is C10H9ClO2. The Hall–Kier alpha value is -0.990. The lowest BCUT2D eigenvalue weighted by molar-refractivity contribution is -0.0647. The number of hydrogen-bond acceptors (Lipinski definition) is 2. The highest BCUT2D eigenvalue weighted by Gasteiger charge is 2.26. The minimum atomic E-state index is -0.360. The number of halogens is 1. The highest BCUT2D eigenvalue weighted by molar-refractivity contribution is 6.30. The molecular weight excluding hydrogens is 188 g/mol. The van der Waals surface area contributed by atoms with Gasteiger partial charge in [-0.2, -0.15) is 0 Å². The zero-order chi connectivity index (χ0) is 9.42. The Morgan fingerprint density at radius 1 is 1.54 bits per heavy atom. The number of rotatable bonds is 1. The summed E-state index contributed by atoms with van der Waals surface area (Å²) in [7, 11) is 1.59. The molecule has 1 aromatic rings. The van der Waals surface area contributed by atoms with Gasteiger partial charge in [0.1, 0.15) is 5.76 Å². The van der Waals surface area contributed by atoms with Gasteiger partial charge in [-0.15, -0.1) is 0 Å². The van der Waals surface area contributed by atoms with Gasteiger partial charge in [-0.25, -0.2) is 0 Å². The van der Waals surface area contributed by atoms with Crippen molar-refractivity contribution in [2.45, 2.75) is 6.29 Å². The second kappa shape index (κ2) is 3.05. The summed E-state index contributed by atoms with van der Waals surface area (Å²) in [6.45, 7) is 3.78. The Morgan fingerprint density at radius 2 is 2.31 bits per heavy atom. The van der Waals surface area contributed by atoms with E-state index in [1.54, 1.807) is 7.11 Å². The van der Waals surface area contributed by atoms with Crippen LogP contribution in [-0.2, 0) is 9.47 Å². The fraction of sp³-hybridized carbons (Fsp3) is 0.200. The standard InChI is InChI=1S/C10H9ClO2/c1-6-8-4-3-7(11)5-9(8)10(12-2)13-6/h3-5,10H,1H2,2H3. The lowest BCUT2D eigenvalue weighted by atomic mass is 10.1. The van der Waals surface area contributed by atoms with Crippen LogP contribution in [0.3, 0.4) is 0 Å². The van der Waals surface area contributed by atoms with E-state index in [1.165, 1.54) is 0 Å². The second-order valence-corrected chi connectivity index (χ2v) is 3.28. The first-order chi connectivity index (χ1) is 6.22. The molecule has 68 valence electrons. The van der Waals surface area contributed by atoms with Crippen LogP contribution in [0.1, 0.15) is 17.4 Å². The van der Waals surface area contributed by atoms with Gasteiger partial charge in [-0.05, 0) is 18.2 Å². The predicted molar refractivity (Wildman–Crippen MR) is 51.3 cm³/mol. The van der Waals surface area contributed by atoms with Gasteiger partial charge in [0.25, 0.3) is 0 Å². The molecule has 1 aliphatic heterocycles. The average molecular weight is 197 g/mol. The van der Waals surface area contributed by atoms with E-state index in [1.807, 2.05) is 18.2 Å². The number of methoxy groups -OCH3 is 1. The molecule has 0 fully saturated rings. The van der Waals surface area contributed by atoms with Gasteiger partial charge in [-0.1, -0.05) is 18.2 Å². The summed E-state index contributed by atoms with van der Waals surface area (Å²) in [6.07, 6.45) is -0.360. The van der Waals surface area contributed by atoms with Crippen molar-refractivity contribution in [1.82, 2.24) is 0 Å². The number of benzene rings is 1. The van der Waals surface area contributed by atoms with Gasteiger partial charge < -0.3 is 9.47 Å². The Bertz CT molecular complexity index is 360. The summed E-state index contributed by atoms with van der Waals surface area (Å²) in [4.78, 5) is 0. The van der Waals surface area contributed by atoms with E-state index in [4.69, 9.17) is 21.1 Å². The molecule has 1 atom stereocenters. The summed E-state index contributed by atoms with van der Waals surface area (Å²) < 4.78 is 10.5. The molecule has 3 heteroatoms. The van der Waals surface area contributed by atoms with Crippen molar-refractivity contribution in [2.24, 2.45) is 0 Å². The van der Waals surface area contributed by atoms with Crippen molar-refractivity contribution in [2.75, 3.05) is 7.11 Å². The van der Waals surface area contributed by atoms with E-state index >= 15 is 0 Å². The summed E-state index contributed by atoms with van der Waals surface area (Å²) >= 11 is 5.85. The minimum absolute atomic E-state index is 0.360. The summed E-state index contributed by atoms with van der Waals surface area (Å²) in [5.41, 5.74) is 1.91. The van der Waals surface area contributed by atoms with Crippen LogP contribution in [0.4, 0.5) is 0 Å². The molecule has 1 unspecified atom stereocenters. The van der Waals surface area contributed by atoms with Gasteiger partial charge in [-0.3, -0.25) is 0 Å². The molecule has 0 amide bonds. The molecule has 0 bridgehead atoms. The third-order valence-corrected chi connectivity index (χ3v) is 2.27. The molecule has 0 radical (unpaired) electrons. The van der Waals surface area contributed by atoms with Crippen LogP contribution in [0.2, 0.25) is 5.02 Å². The van der Waals surface area contributed by atoms with Crippen molar-refractivity contribution < 1.29 is 9.47 Å². The quantitative estimate of drug-likeness (QED) is 0.688. The van der Waals surface area contributed by atoms with Gasteiger partial charge in [0.15, 0.2) is 0 Å². The third-order valence-electron chi connectivity index (χ3n) is 2.03. The van der Waals surface area contributed by atoms with Gasteiger partial charge in [0.05, 0.1) is 0 Å². The van der Waals surface area contributed by atoms with E-state index in [0.29, 0.717) is 10.8 Å². The SMILES string of the molecule is C=C1OC(OC)c2cc(Cl)ccc21. The van der Waals surface area contributed by atoms with Gasteiger partial charge >= 0.3 is 0 Å². The van der Waals surface area contributed by atoms with Crippen molar-refractivity contribution in [1.29, 1.82) is 0 Å². The van der Waals surface area contributed by atoms with Crippen molar-refractivity contribution in [3.05, 3.63) is 40.9 Å². The Labute approximate surface area is 81.7 Å². The van der Waals surface area contributed by atoms with Crippen LogP contribution < -0.4 is 0 Å². The van der Waals surface area contributed by atoms with Crippen LogP contribution in [0, 0.1) is 0 Å². The predicted octanol–water partition coefficient (Wildman–Crippen LogP) is 2.99. The van der Waals surface area contributed by atoms with E-state index in [2.05, 4.69) is 6.58 Å². The molecule has 2 rings (SSSR count). The maximum atomic E-state index is 5.85. The fourth-order valence-electron chi connectivity index (χ4n) is 1.41. The Kier molecular flexibility index (Phi) is 2.02. The average Bonchev–Trinajstić information content (AvgIpc) is 2.42. The number of hydrogen-bond donors (Lipinski definition) is 0. The normalized spacial score (nSPS) is 19.8. The first kappa shape index (κ1) is 8.60. The highest BCUT2D eigenvalue weighted by Crippen LogP contribution is 2.38. The largest absolute Gasteiger partial charge is 0.461 e. The van der Waals surface area contributed by atoms with Crippen molar-refractivity contribution in [3.63, 3.8) is 0 Å². The highest BCUT2D eigenvalue weighted by atomic mass is 35.5. The topological polar surface area (TPSA) is 18.5 Å². The summed E-state index contributed by atoms with van der Waals surface area (Å²) in [6, 6.07) is 5.54. The van der Waals surface area contributed by atoms with Crippen molar-refractivity contribution >= 4 is 17.4 Å². The maximum Gasteiger partial charge on any atom is 0.227 e. The lowest BCUT2D eigenvalue weighted by Crippen LogP contribution is -1.97. The molecule has 0 saturated heterocycles. The van der Waals surface area contributed by atoms with Crippen LogP contribution in [0.15, 0.2) is 24.8 Å². The zero-order valence-corrected chi connectivity index (χ0v) is 7.97. The van der Waals surface area contributed by atoms with E-state index in [-0.39, 0.29) is 6.29 Å². The summed E-state index contributed by atoms with van der Waals surface area (Å²) in [5.74, 6) is 0.638. The molecule has 13 heavy (non-hydrogen) atoms. The number of ether oxygens (including phenoxy) is 2. The fourth-order valence-corrected chi connectivity index (χ4v) is 1.59. The first-order valence-corrected chi connectivity index (χ1v) is 4.28. The number of fused-ring (bicyclic) bond motifs is 1. The van der Waals surface area contributed by atoms with Crippen LogP contribution in [-0.4, -0.2) is 7.11 Å². The minimum Gasteiger partial charge on any atom is -0.461 e. The molecule has 0 spiro atoms. The molecule has 2 nitrogen and oxygen atoms in total. The molecule has 1 heterocycles. The van der Waals surface area contributed by atoms with E-state index < -0.39 is 0 Å². The van der Waals surface area contributed by atoms with Gasteiger partial charge in [0.2, 0.25) is 6.29 Å². The second-order valence-electron chi connectivity index (χ2n) is 2.84. The van der Waals surface area contributed by atoms with E-state index in [0.717, 1.165) is 11.1 Å². The first-order valence-electron chi connectivity index (χ1n) is 3.90. The van der Waals surface area contributed by atoms with Gasteiger partial charge in [0, 0.05) is 23.3 Å². The molecule has 0 aromatic heterocycles. The molecule has 1 aromatic carbocycles. The van der Waals surface area contributed by atoms with E-state index in [9.17, 15) is 0 Å². The zero-order valence-electron chi connectivity index (χ0n) is 7.21. The Morgan fingerprint density at radius 3 is 3.00 bits per heavy atom. The summed E-state index contributed by atoms with van der Waals surface area (Å²) in [5, 5.41) is 0.680. The molecule has 0 N–H and O–H groups in total. The lowest BCUT2D eigenvalue weighted by Gasteiger charge is -2.08. The maximum absolute atomic E-state index is 5.85. The van der Waals surface area contributed by atoms with Crippen LogP contribution in [0.25, 0.3) is 5.76 Å². The van der Waals surface area contributed by atoms with Crippen LogP contribution >= 0.6 is 11.6 Å². The third kappa shape index (κ3) is 1.32. The van der Waals surface area contributed by atoms with Crippen LogP contribution in [0.5, 0.6) is 0 Å². The monoisotopic (exact) mass is 196 g/mol. The molecule has 0 saturated carbocycles. The van der Waals surface area contributed by atoms with Crippen molar-refractivity contribution in [3.8, 4) is 0 Å².